The number of benzene rings is 1. The number of rotatable bonds is 6. The maximum atomic E-state index is 11.8. The van der Waals surface area contributed by atoms with Crippen LogP contribution >= 0.6 is 0 Å². The molecule has 5 nitrogen and oxygen atoms in total. The van der Waals surface area contributed by atoms with E-state index in [2.05, 4.69) is 10.2 Å². The van der Waals surface area contributed by atoms with Gasteiger partial charge in [-0.25, -0.2) is 0 Å². The number of hydrogen-bond acceptors (Lipinski definition) is 4. The monoisotopic (exact) mass is 277 g/mol. The average Bonchev–Trinajstić information content (AvgIpc) is 2.49. The lowest BCUT2D eigenvalue weighted by molar-refractivity contribution is 0.0342. The minimum Gasteiger partial charge on any atom is -0.379 e. The number of carbonyl (C=O) groups excluding carboxylic acids is 1. The zero-order valence-corrected chi connectivity index (χ0v) is 11.8. The van der Waals surface area contributed by atoms with Gasteiger partial charge in [-0.3, -0.25) is 9.69 Å². The number of nitrogens with two attached hydrogens (primary N) is 1. The van der Waals surface area contributed by atoms with E-state index in [9.17, 15) is 4.79 Å². The Morgan fingerprint density at radius 1 is 1.25 bits per heavy atom. The second kappa shape index (κ2) is 7.99. The molecule has 0 unspecified atom stereocenters. The molecule has 0 atom stereocenters. The molecule has 0 radical (unpaired) electrons. The Labute approximate surface area is 120 Å². The first-order chi connectivity index (χ1) is 9.79. The molecule has 1 aliphatic rings. The molecule has 2 rings (SSSR count). The third-order valence-corrected chi connectivity index (χ3v) is 3.39. The quantitative estimate of drug-likeness (QED) is 0.747. The molecule has 1 aromatic carbocycles. The molecule has 0 saturated carbocycles. The summed E-state index contributed by atoms with van der Waals surface area (Å²) in [6.07, 6.45) is 0.806. The van der Waals surface area contributed by atoms with Crippen LogP contribution in [0.4, 0.5) is 0 Å². The molecule has 0 spiro atoms. The SMILES string of the molecule is NCCCNC(=O)c1ccc(CN2CCOCC2)cc1. The van der Waals surface area contributed by atoms with Crippen LogP contribution in [-0.4, -0.2) is 50.2 Å². The van der Waals surface area contributed by atoms with Gasteiger partial charge in [0.1, 0.15) is 0 Å². The zero-order chi connectivity index (χ0) is 14.2. The molecule has 1 aromatic rings. The van der Waals surface area contributed by atoms with Gasteiger partial charge in [-0.05, 0) is 30.7 Å². The summed E-state index contributed by atoms with van der Waals surface area (Å²) in [5, 5.41) is 2.85. The van der Waals surface area contributed by atoms with Crippen LogP contribution in [-0.2, 0) is 11.3 Å². The van der Waals surface area contributed by atoms with Gasteiger partial charge in [0, 0.05) is 31.7 Å². The van der Waals surface area contributed by atoms with Gasteiger partial charge in [-0.1, -0.05) is 12.1 Å². The number of ether oxygens (including phenoxy) is 1. The highest BCUT2D eigenvalue weighted by Crippen LogP contribution is 2.09. The van der Waals surface area contributed by atoms with E-state index in [1.807, 2.05) is 24.3 Å². The summed E-state index contributed by atoms with van der Waals surface area (Å²) < 4.78 is 5.33. The van der Waals surface area contributed by atoms with Crippen LogP contribution < -0.4 is 11.1 Å². The van der Waals surface area contributed by atoms with Gasteiger partial charge in [-0.15, -0.1) is 0 Å². The molecule has 1 saturated heterocycles. The van der Waals surface area contributed by atoms with Gasteiger partial charge in [-0.2, -0.15) is 0 Å². The summed E-state index contributed by atoms with van der Waals surface area (Å²) >= 11 is 0. The predicted molar refractivity (Wildman–Crippen MR) is 78.5 cm³/mol. The van der Waals surface area contributed by atoms with E-state index in [-0.39, 0.29) is 5.91 Å². The van der Waals surface area contributed by atoms with Gasteiger partial charge in [0.15, 0.2) is 0 Å². The maximum Gasteiger partial charge on any atom is 0.251 e. The van der Waals surface area contributed by atoms with E-state index in [0.717, 1.165) is 39.3 Å². The number of morpholine rings is 1. The summed E-state index contributed by atoms with van der Waals surface area (Å²) in [6, 6.07) is 7.81. The van der Waals surface area contributed by atoms with Crippen molar-refractivity contribution in [1.29, 1.82) is 0 Å². The molecule has 3 N–H and O–H groups in total. The zero-order valence-electron chi connectivity index (χ0n) is 11.8. The average molecular weight is 277 g/mol. The second-order valence-electron chi connectivity index (χ2n) is 4.98. The van der Waals surface area contributed by atoms with Crippen LogP contribution in [0.3, 0.4) is 0 Å². The van der Waals surface area contributed by atoms with Gasteiger partial charge < -0.3 is 15.8 Å². The molecule has 1 fully saturated rings. The van der Waals surface area contributed by atoms with E-state index >= 15 is 0 Å². The van der Waals surface area contributed by atoms with Crippen LogP contribution in [0.1, 0.15) is 22.3 Å². The fourth-order valence-corrected chi connectivity index (χ4v) is 2.19. The first-order valence-corrected chi connectivity index (χ1v) is 7.17. The van der Waals surface area contributed by atoms with Crippen molar-refractivity contribution in [3.8, 4) is 0 Å². The third-order valence-electron chi connectivity index (χ3n) is 3.39. The van der Waals surface area contributed by atoms with Gasteiger partial charge in [0.05, 0.1) is 13.2 Å². The summed E-state index contributed by atoms with van der Waals surface area (Å²) in [7, 11) is 0. The summed E-state index contributed by atoms with van der Waals surface area (Å²) in [5.74, 6) is -0.0311. The van der Waals surface area contributed by atoms with E-state index in [1.165, 1.54) is 5.56 Å². The molecule has 0 bridgehead atoms. The van der Waals surface area contributed by atoms with Gasteiger partial charge in [0.2, 0.25) is 0 Å². The minimum absolute atomic E-state index is 0.0311. The smallest absolute Gasteiger partial charge is 0.251 e. The third kappa shape index (κ3) is 4.59. The minimum atomic E-state index is -0.0311. The number of hydrogen-bond donors (Lipinski definition) is 2. The highest BCUT2D eigenvalue weighted by Gasteiger charge is 2.11. The maximum absolute atomic E-state index is 11.8. The lowest BCUT2D eigenvalue weighted by Gasteiger charge is -2.26. The Kier molecular flexibility index (Phi) is 5.98. The Hall–Kier alpha value is -1.43. The molecular formula is C15H23N3O2. The Bertz CT molecular complexity index is 414. The van der Waals surface area contributed by atoms with Crippen molar-refractivity contribution in [1.82, 2.24) is 10.2 Å². The van der Waals surface area contributed by atoms with Crippen LogP contribution in [0.5, 0.6) is 0 Å². The fraction of sp³-hybridized carbons (Fsp3) is 0.533. The van der Waals surface area contributed by atoms with Crippen molar-refractivity contribution in [2.24, 2.45) is 5.73 Å². The number of carbonyl (C=O) groups is 1. The molecule has 5 heteroatoms. The van der Waals surface area contributed by atoms with Gasteiger partial charge in [0.25, 0.3) is 5.91 Å². The number of nitrogens with one attached hydrogen (secondary N) is 1. The molecule has 1 aliphatic heterocycles. The topological polar surface area (TPSA) is 67.6 Å². The molecule has 1 heterocycles. The van der Waals surface area contributed by atoms with E-state index < -0.39 is 0 Å². The van der Waals surface area contributed by atoms with Crippen molar-refractivity contribution in [2.75, 3.05) is 39.4 Å². The fourth-order valence-electron chi connectivity index (χ4n) is 2.19. The second-order valence-corrected chi connectivity index (χ2v) is 4.98. The largest absolute Gasteiger partial charge is 0.379 e. The van der Waals surface area contributed by atoms with E-state index in [4.69, 9.17) is 10.5 Å². The predicted octanol–water partition coefficient (Wildman–Crippen LogP) is 0.597. The first-order valence-electron chi connectivity index (χ1n) is 7.17. The lowest BCUT2D eigenvalue weighted by atomic mass is 10.1. The van der Waals surface area contributed by atoms with Crippen molar-refractivity contribution in [3.63, 3.8) is 0 Å². The molecule has 1 amide bonds. The van der Waals surface area contributed by atoms with Gasteiger partial charge >= 0.3 is 0 Å². The normalized spacial score (nSPS) is 16.1. The summed E-state index contributed by atoms with van der Waals surface area (Å²) in [5.41, 5.74) is 7.33. The molecule has 0 aromatic heterocycles. The van der Waals surface area contributed by atoms with Crippen molar-refractivity contribution >= 4 is 5.91 Å². The summed E-state index contributed by atoms with van der Waals surface area (Å²) in [6.45, 7) is 5.70. The van der Waals surface area contributed by atoms with Crippen molar-refractivity contribution < 1.29 is 9.53 Å². The Balaban J connectivity index is 1.83. The highest BCUT2D eigenvalue weighted by atomic mass is 16.5. The Morgan fingerprint density at radius 3 is 2.60 bits per heavy atom. The lowest BCUT2D eigenvalue weighted by Crippen LogP contribution is -2.35. The van der Waals surface area contributed by atoms with Crippen LogP contribution in [0.15, 0.2) is 24.3 Å². The summed E-state index contributed by atoms with van der Waals surface area (Å²) in [4.78, 5) is 14.2. The van der Waals surface area contributed by atoms with E-state index in [1.54, 1.807) is 0 Å². The van der Waals surface area contributed by atoms with E-state index in [0.29, 0.717) is 18.7 Å². The standard InChI is InChI=1S/C15H23N3O2/c16-6-1-7-17-15(19)14-4-2-13(3-5-14)12-18-8-10-20-11-9-18/h2-5H,1,6-12,16H2,(H,17,19). The number of amides is 1. The highest BCUT2D eigenvalue weighted by molar-refractivity contribution is 5.94. The first kappa shape index (κ1) is 15.0. The van der Waals surface area contributed by atoms with Crippen molar-refractivity contribution in [3.05, 3.63) is 35.4 Å². The van der Waals surface area contributed by atoms with Crippen molar-refractivity contribution in [2.45, 2.75) is 13.0 Å². The molecule has 0 aliphatic carbocycles. The molecule has 20 heavy (non-hydrogen) atoms. The Morgan fingerprint density at radius 2 is 1.95 bits per heavy atom. The van der Waals surface area contributed by atoms with Crippen LogP contribution in [0.25, 0.3) is 0 Å². The van der Waals surface area contributed by atoms with Crippen LogP contribution in [0, 0.1) is 0 Å². The number of nitrogens with zero attached hydrogens (tertiary/aromatic N) is 1. The molecular weight excluding hydrogens is 254 g/mol. The molecule has 110 valence electrons. The van der Waals surface area contributed by atoms with Crippen LogP contribution in [0.2, 0.25) is 0 Å².